The van der Waals surface area contributed by atoms with Crippen LogP contribution in [-0.4, -0.2) is 9.97 Å². The molecule has 0 amide bonds. The van der Waals surface area contributed by atoms with Crippen LogP contribution < -0.4 is 0 Å². The molecule has 7 aromatic carbocycles. The van der Waals surface area contributed by atoms with E-state index in [1.807, 2.05) is 12.3 Å². The molecule has 57 heavy (non-hydrogen) atoms. The summed E-state index contributed by atoms with van der Waals surface area (Å²) in [4.78, 5) is 9.72. The maximum absolute atomic E-state index is 5.13. The van der Waals surface area contributed by atoms with Crippen LogP contribution in [0.4, 0.5) is 0 Å². The van der Waals surface area contributed by atoms with Gasteiger partial charge in [0.05, 0.1) is 11.0 Å². The van der Waals surface area contributed by atoms with E-state index >= 15 is 0 Å². The molecule has 0 saturated heterocycles. The SMILES string of the molecule is CCCCCCCCCCCc1cc(-c2ccc(-c3c4ccccc4c(-c4ccc(-c5ccnc6ccccc56)cc4)c4ccccc34)cc2)c2ccccc2n1. The summed E-state index contributed by atoms with van der Waals surface area (Å²) in [5.74, 6) is 0. The van der Waals surface area contributed by atoms with Crippen molar-refractivity contribution in [3.05, 3.63) is 170 Å². The predicted octanol–water partition coefficient (Wildman–Crippen LogP) is 15.8. The Morgan fingerprint density at radius 3 is 1.33 bits per heavy atom. The van der Waals surface area contributed by atoms with Gasteiger partial charge in [-0.2, -0.15) is 0 Å². The molecule has 0 fully saturated rings. The van der Waals surface area contributed by atoms with Gasteiger partial charge in [0.2, 0.25) is 0 Å². The van der Waals surface area contributed by atoms with E-state index in [1.165, 1.54) is 140 Å². The minimum atomic E-state index is 1.02. The number of hydrogen-bond donors (Lipinski definition) is 0. The van der Waals surface area contributed by atoms with Crippen molar-refractivity contribution in [2.45, 2.75) is 71.1 Å². The number of unbranched alkanes of at least 4 members (excludes halogenated alkanes) is 8. The zero-order valence-electron chi connectivity index (χ0n) is 33.1. The molecule has 2 heterocycles. The van der Waals surface area contributed by atoms with Crippen molar-refractivity contribution in [1.29, 1.82) is 0 Å². The third-order valence-electron chi connectivity index (χ3n) is 11.9. The Balaban J connectivity index is 1.04. The summed E-state index contributed by atoms with van der Waals surface area (Å²) in [7, 11) is 0. The van der Waals surface area contributed by atoms with Crippen molar-refractivity contribution < 1.29 is 0 Å². The lowest BCUT2D eigenvalue weighted by molar-refractivity contribution is 0.564. The van der Waals surface area contributed by atoms with Gasteiger partial charge in [0.1, 0.15) is 0 Å². The number of aryl methyl sites for hydroxylation is 1. The molecular formula is C55H50N2. The molecule has 0 bridgehead atoms. The highest BCUT2D eigenvalue weighted by molar-refractivity contribution is 6.21. The van der Waals surface area contributed by atoms with Crippen LogP contribution in [0.5, 0.6) is 0 Å². The number of rotatable bonds is 14. The lowest BCUT2D eigenvalue weighted by Crippen LogP contribution is -1.95. The summed E-state index contributed by atoms with van der Waals surface area (Å²) in [6.45, 7) is 2.29. The molecule has 0 radical (unpaired) electrons. The molecule has 0 spiro atoms. The van der Waals surface area contributed by atoms with Crippen molar-refractivity contribution in [3.63, 3.8) is 0 Å². The summed E-state index contributed by atoms with van der Waals surface area (Å²) >= 11 is 0. The summed E-state index contributed by atoms with van der Waals surface area (Å²) in [6, 6.07) is 57.7. The van der Waals surface area contributed by atoms with Gasteiger partial charge < -0.3 is 0 Å². The van der Waals surface area contributed by atoms with E-state index in [2.05, 4.69) is 164 Å². The van der Waals surface area contributed by atoms with E-state index < -0.39 is 0 Å². The number of para-hydroxylation sites is 2. The number of hydrogen-bond acceptors (Lipinski definition) is 2. The second kappa shape index (κ2) is 16.9. The molecule has 2 nitrogen and oxygen atoms in total. The van der Waals surface area contributed by atoms with Gasteiger partial charge in [-0.1, -0.05) is 192 Å². The second-order valence-electron chi connectivity index (χ2n) is 15.6. The second-order valence-corrected chi connectivity index (χ2v) is 15.6. The van der Waals surface area contributed by atoms with Gasteiger partial charge in [-0.25, -0.2) is 0 Å². The lowest BCUT2D eigenvalue weighted by Gasteiger charge is -2.18. The Hall–Kier alpha value is -6.12. The standard InChI is InChI=1S/C55H50N2/c1-2-3-4-5-6-7-8-9-10-19-43-38-51(46-21-16-18-27-53(46)57-43)40-30-34-42(35-31-40)55-49-24-13-11-22-47(49)54(48-23-12-14-25-50(48)55)41-32-28-39(29-33-41)44-36-37-56-52-26-17-15-20-45(44)52/h11-18,20-38H,2-10,19H2,1H3. The summed E-state index contributed by atoms with van der Waals surface area (Å²) in [6.07, 6.45) is 15.0. The minimum Gasteiger partial charge on any atom is -0.256 e. The topological polar surface area (TPSA) is 25.8 Å². The van der Waals surface area contributed by atoms with Crippen LogP contribution in [0.2, 0.25) is 0 Å². The number of nitrogens with zero attached hydrogens (tertiary/aromatic N) is 2. The Morgan fingerprint density at radius 1 is 0.368 bits per heavy atom. The number of aromatic nitrogens is 2. The van der Waals surface area contributed by atoms with Crippen molar-refractivity contribution >= 4 is 43.4 Å². The van der Waals surface area contributed by atoms with Crippen LogP contribution in [0.1, 0.15) is 70.4 Å². The highest BCUT2D eigenvalue weighted by Gasteiger charge is 2.17. The predicted molar refractivity (Wildman–Crippen MR) is 245 cm³/mol. The van der Waals surface area contributed by atoms with Crippen LogP contribution in [0, 0.1) is 0 Å². The van der Waals surface area contributed by atoms with E-state index in [1.54, 1.807) is 0 Å². The fourth-order valence-electron chi connectivity index (χ4n) is 8.94. The van der Waals surface area contributed by atoms with Crippen LogP contribution in [-0.2, 0) is 6.42 Å². The molecule has 0 aliphatic heterocycles. The van der Waals surface area contributed by atoms with Gasteiger partial charge in [-0.05, 0) is 103 Å². The fraction of sp³-hybridized carbons (Fsp3) is 0.200. The molecule has 280 valence electrons. The van der Waals surface area contributed by atoms with E-state index in [-0.39, 0.29) is 0 Å². The van der Waals surface area contributed by atoms with Gasteiger partial charge in [0.15, 0.2) is 0 Å². The van der Waals surface area contributed by atoms with Crippen LogP contribution in [0.25, 0.3) is 87.9 Å². The van der Waals surface area contributed by atoms with Gasteiger partial charge in [0.25, 0.3) is 0 Å². The van der Waals surface area contributed by atoms with Gasteiger partial charge in [0, 0.05) is 22.7 Å². The first-order valence-electron chi connectivity index (χ1n) is 21.1. The zero-order valence-corrected chi connectivity index (χ0v) is 33.1. The molecule has 9 rings (SSSR count). The number of fused-ring (bicyclic) bond motifs is 4. The highest BCUT2D eigenvalue weighted by atomic mass is 14.7. The molecule has 0 saturated carbocycles. The molecule has 2 aromatic heterocycles. The molecule has 2 heteroatoms. The average Bonchev–Trinajstić information content (AvgIpc) is 3.27. The summed E-state index contributed by atoms with van der Waals surface area (Å²) < 4.78 is 0. The van der Waals surface area contributed by atoms with Crippen LogP contribution in [0.15, 0.2) is 164 Å². The average molecular weight is 739 g/mol. The third kappa shape index (κ3) is 7.57. The third-order valence-corrected chi connectivity index (χ3v) is 11.9. The summed E-state index contributed by atoms with van der Waals surface area (Å²) in [5.41, 5.74) is 13.2. The van der Waals surface area contributed by atoms with E-state index in [4.69, 9.17) is 4.98 Å². The Morgan fingerprint density at radius 2 is 0.789 bits per heavy atom. The largest absolute Gasteiger partial charge is 0.256 e. The van der Waals surface area contributed by atoms with Crippen molar-refractivity contribution in [3.8, 4) is 44.5 Å². The normalized spacial score (nSPS) is 11.6. The quantitative estimate of drug-likeness (QED) is 0.0820. The highest BCUT2D eigenvalue weighted by Crippen LogP contribution is 2.44. The van der Waals surface area contributed by atoms with E-state index in [0.29, 0.717) is 0 Å². The smallest absolute Gasteiger partial charge is 0.0711 e. The monoisotopic (exact) mass is 738 g/mol. The minimum absolute atomic E-state index is 1.02. The Kier molecular flexibility index (Phi) is 10.9. The summed E-state index contributed by atoms with van der Waals surface area (Å²) in [5, 5.41) is 7.44. The Bertz CT molecular complexity index is 2730. The fourth-order valence-corrected chi connectivity index (χ4v) is 8.94. The molecule has 0 N–H and O–H groups in total. The van der Waals surface area contributed by atoms with Gasteiger partial charge >= 0.3 is 0 Å². The lowest BCUT2D eigenvalue weighted by atomic mass is 9.85. The van der Waals surface area contributed by atoms with E-state index in [9.17, 15) is 0 Å². The maximum Gasteiger partial charge on any atom is 0.0711 e. The maximum atomic E-state index is 5.13. The molecule has 0 aliphatic rings. The Labute approximate surface area is 337 Å². The molecule has 0 atom stereocenters. The van der Waals surface area contributed by atoms with Gasteiger partial charge in [-0.3, -0.25) is 9.97 Å². The molecule has 9 aromatic rings. The molecule has 0 unspecified atom stereocenters. The zero-order chi connectivity index (χ0) is 38.4. The number of pyridine rings is 2. The van der Waals surface area contributed by atoms with Crippen LogP contribution in [0.3, 0.4) is 0 Å². The van der Waals surface area contributed by atoms with E-state index in [0.717, 1.165) is 17.5 Å². The van der Waals surface area contributed by atoms with Crippen molar-refractivity contribution in [1.82, 2.24) is 9.97 Å². The van der Waals surface area contributed by atoms with Crippen LogP contribution >= 0.6 is 0 Å². The molecular weight excluding hydrogens is 689 g/mol. The van der Waals surface area contributed by atoms with Crippen molar-refractivity contribution in [2.24, 2.45) is 0 Å². The van der Waals surface area contributed by atoms with Gasteiger partial charge in [-0.15, -0.1) is 0 Å². The number of benzene rings is 7. The first-order chi connectivity index (χ1) is 28.3. The molecule has 0 aliphatic carbocycles. The van der Waals surface area contributed by atoms with Crippen molar-refractivity contribution in [2.75, 3.05) is 0 Å². The first kappa shape index (κ1) is 36.5. The first-order valence-corrected chi connectivity index (χ1v) is 21.1.